The molecular formula is C18H19N3O3S. The Morgan fingerprint density at radius 1 is 1.24 bits per heavy atom. The first-order chi connectivity index (χ1) is 12.0. The number of ketones is 1. The lowest BCUT2D eigenvalue weighted by atomic mass is 10.1. The molecule has 0 radical (unpaired) electrons. The highest BCUT2D eigenvalue weighted by atomic mass is 32.2. The Labute approximate surface area is 150 Å². The number of thioether (sulfide) groups is 1. The molecular weight excluding hydrogens is 338 g/mol. The molecule has 1 aromatic carbocycles. The van der Waals surface area contributed by atoms with Crippen LogP contribution < -0.4 is 4.74 Å². The number of benzene rings is 1. The molecule has 0 fully saturated rings. The number of hydrogen-bond acceptors (Lipinski definition) is 6. The van der Waals surface area contributed by atoms with Crippen molar-refractivity contribution < 1.29 is 13.9 Å². The molecule has 0 unspecified atom stereocenters. The molecule has 0 atom stereocenters. The Bertz CT molecular complexity index is 870. The van der Waals surface area contributed by atoms with Gasteiger partial charge in [0.1, 0.15) is 17.3 Å². The van der Waals surface area contributed by atoms with Gasteiger partial charge in [0.25, 0.3) is 0 Å². The molecule has 0 aliphatic carbocycles. The molecule has 6 nitrogen and oxygen atoms in total. The van der Waals surface area contributed by atoms with Crippen LogP contribution in [-0.2, 0) is 4.79 Å². The Morgan fingerprint density at radius 2 is 2.04 bits per heavy atom. The number of Topliss-reactive ketones (excluding diaryl/α,β-unsaturated/α-hetero) is 1. The van der Waals surface area contributed by atoms with Crippen molar-refractivity contribution in [3.05, 3.63) is 36.4 Å². The molecule has 1 N–H and O–H groups in total. The first-order valence-corrected chi connectivity index (χ1v) is 8.92. The third-order valence-electron chi connectivity index (χ3n) is 3.21. The van der Waals surface area contributed by atoms with Crippen molar-refractivity contribution in [1.29, 1.82) is 0 Å². The quantitative estimate of drug-likeness (QED) is 0.638. The second-order valence-electron chi connectivity index (χ2n) is 5.83. The van der Waals surface area contributed by atoms with Crippen LogP contribution in [0.1, 0.15) is 20.8 Å². The van der Waals surface area contributed by atoms with Crippen molar-refractivity contribution in [3.63, 3.8) is 0 Å². The maximum absolute atomic E-state index is 11.0. The Kier molecular flexibility index (Phi) is 5.23. The van der Waals surface area contributed by atoms with Crippen LogP contribution >= 0.6 is 11.8 Å². The molecule has 0 aliphatic rings. The highest BCUT2D eigenvalue weighted by molar-refractivity contribution is 7.99. The monoisotopic (exact) mass is 357 g/mol. The van der Waals surface area contributed by atoms with E-state index in [1.54, 1.807) is 6.92 Å². The number of ether oxygens (including phenoxy) is 1. The van der Waals surface area contributed by atoms with Crippen LogP contribution in [0.25, 0.3) is 22.9 Å². The summed E-state index contributed by atoms with van der Waals surface area (Å²) in [5.74, 6) is 3.10. The van der Waals surface area contributed by atoms with Gasteiger partial charge in [-0.25, -0.2) is 0 Å². The van der Waals surface area contributed by atoms with Crippen molar-refractivity contribution in [2.24, 2.45) is 0 Å². The minimum absolute atomic E-state index is 0.0896. The van der Waals surface area contributed by atoms with Crippen LogP contribution in [0.15, 0.2) is 46.0 Å². The average molecular weight is 357 g/mol. The largest absolute Gasteiger partial charge is 0.491 e. The van der Waals surface area contributed by atoms with E-state index in [-0.39, 0.29) is 11.9 Å². The summed E-state index contributed by atoms with van der Waals surface area (Å²) in [6.07, 6.45) is 0.113. The number of H-pyrrole nitrogens is 1. The summed E-state index contributed by atoms with van der Waals surface area (Å²) in [7, 11) is 0. The van der Waals surface area contributed by atoms with Crippen molar-refractivity contribution >= 4 is 17.5 Å². The lowest BCUT2D eigenvalue weighted by molar-refractivity contribution is -0.114. The number of nitrogens with zero attached hydrogens (tertiary/aromatic N) is 2. The number of aromatic amines is 1. The number of nitrogens with one attached hydrogen (secondary N) is 1. The summed E-state index contributed by atoms with van der Waals surface area (Å²) in [5.41, 5.74) is 0.926. The van der Waals surface area contributed by atoms with Gasteiger partial charge in [0.05, 0.1) is 11.9 Å². The highest BCUT2D eigenvalue weighted by Crippen LogP contribution is 2.29. The van der Waals surface area contributed by atoms with Crippen LogP contribution in [0.5, 0.6) is 5.75 Å². The van der Waals surface area contributed by atoms with Crippen molar-refractivity contribution in [2.45, 2.75) is 32.0 Å². The van der Waals surface area contributed by atoms with E-state index in [1.165, 1.54) is 11.8 Å². The summed E-state index contributed by atoms with van der Waals surface area (Å²) in [6.45, 7) is 5.52. The van der Waals surface area contributed by atoms with E-state index in [2.05, 4.69) is 15.2 Å². The molecule has 0 spiro atoms. The van der Waals surface area contributed by atoms with Crippen molar-refractivity contribution in [2.75, 3.05) is 5.75 Å². The third kappa shape index (κ3) is 4.51. The van der Waals surface area contributed by atoms with Gasteiger partial charge in [-0.1, -0.05) is 23.9 Å². The first kappa shape index (κ1) is 17.3. The number of hydrogen-bond donors (Lipinski definition) is 1. The smallest absolute Gasteiger partial charge is 0.197 e. The van der Waals surface area contributed by atoms with E-state index in [0.717, 1.165) is 17.1 Å². The minimum atomic E-state index is 0.0896. The lowest BCUT2D eigenvalue weighted by Crippen LogP contribution is -2.05. The van der Waals surface area contributed by atoms with Crippen LogP contribution in [0, 0.1) is 0 Å². The normalized spacial score (nSPS) is 11.0. The van der Waals surface area contributed by atoms with Gasteiger partial charge in [-0.3, -0.25) is 4.79 Å². The fourth-order valence-electron chi connectivity index (χ4n) is 2.21. The second kappa shape index (κ2) is 7.57. The zero-order chi connectivity index (χ0) is 17.8. The minimum Gasteiger partial charge on any atom is -0.491 e. The molecule has 2 heterocycles. The number of carbonyl (C=O) groups is 1. The molecule has 0 amide bonds. The fraction of sp³-hybridized carbons (Fsp3) is 0.278. The molecule has 0 bridgehead atoms. The molecule has 3 rings (SSSR count). The number of carbonyl (C=O) groups excluding carboxylic acids is 1. The molecule has 25 heavy (non-hydrogen) atoms. The van der Waals surface area contributed by atoms with E-state index < -0.39 is 0 Å². The predicted molar refractivity (Wildman–Crippen MR) is 96.7 cm³/mol. The molecule has 7 heteroatoms. The van der Waals surface area contributed by atoms with Gasteiger partial charge in [0.15, 0.2) is 16.7 Å². The lowest BCUT2D eigenvalue weighted by Gasteiger charge is -2.10. The van der Waals surface area contributed by atoms with Crippen LogP contribution in [0.4, 0.5) is 0 Å². The van der Waals surface area contributed by atoms with Crippen molar-refractivity contribution in [3.8, 4) is 28.7 Å². The summed E-state index contributed by atoms with van der Waals surface area (Å²) in [5, 5.41) is 8.68. The number of aromatic nitrogens is 3. The van der Waals surface area contributed by atoms with Gasteiger partial charge >= 0.3 is 0 Å². The average Bonchev–Trinajstić information content (AvgIpc) is 3.22. The van der Waals surface area contributed by atoms with Gasteiger partial charge in [-0.2, -0.15) is 0 Å². The van der Waals surface area contributed by atoms with Gasteiger partial charge in [0.2, 0.25) is 0 Å². The first-order valence-electron chi connectivity index (χ1n) is 7.93. The van der Waals surface area contributed by atoms with Crippen LogP contribution in [-0.4, -0.2) is 32.8 Å². The Balaban J connectivity index is 1.77. The van der Waals surface area contributed by atoms with E-state index >= 15 is 0 Å². The Hall–Kier alpha value is -2.54. The summed E-state index contributed by atoms with van der Waals surface area (Å²) < 4.78 is 11.6. The molecule has 2 aromatic heterocycles. The predicted octanol–water partition coefficient (Wildman–Crippen LogP) is 4.20. The summed E-state index contributed by atoms with van der Waals surface area (Å²) in [6, 6.07) is 11.5. The second-order valence-corrected chi connectivity index (χ2v) is 6.79. The number of furan rings is 1. The molecule has 0 saturated carbocycles. The number of rotatable bonds is 7. The van der Waals surface area contributed by atoms with Gasteiger partial charge in [-0.15, -0.1) is 10.2 Å². The summed E-state index contributed by atoms with van der Waals surface area (Å²) >= 11 is 1.32. The van der Waals surface area contributed by atoms with E-state index in [9.17, 15) is 4.79 Å². The summed E-state index contributed by atoms with van der Waals surface area (Å²) in [4.78, 5) is 14.1. The SMILES string of the molecule is CC(=O)CSc1nnc(-c2ccc(-c3cccc(OC(C)C)c3)o2)[nH]1. The van der Waals surface area contributed by atoms with Crippen molar-refractivity contribution in [1.82, 2.24) is 15.2 Å². The fourth-order valence-corrected chi connectivity index (χ4v) is 2.82. The zero-order valence-electron chi connectivity index (χ0n) is 14.3. The van der Waals surface area contributed by atoms with E-state index in [4.69, 9.17) is 9.15 Å². The molecule has 0 aliphatic heterocycles. The van der Waals surface area contributed by atoms with Gasteiger partial charge in [0, 0.05) is 5.56 Å². The van der Waals surface area contributed by atoms with Gasteiger partial charge in [-0.05, 0) is 45.0 Å². The maximum atomic E-state index is 11.0. The highest BCUT2D eigenvalue weighted by Gasteiger charge is 2.12. The van der Waals surface area contributed by atoms with Crippen LogP contribution in [0.2, 0.25) is 0 Å². The third-order valence-corrected chi connectivity index (χ3v) is 4.22. The standard InChI is InChI=1S/C18H19N3O3S/c1-11(2)23-14-6-4-5-13(9-14)15-7-8-16(24-15)17-19-18(21-20-17)25-10-12(3)22/h4-9,11H,10H2,1-3H3,(H,19,20,21). The molecule has 0 saturated heterocycles. The molecule has 3 aromatic rings. The topological polar surface area (TPSA) is 81.0 Å². The maximum Gasteiger partial charge on any atom is 0.197 e. The van der Waals surface area contributed by atoms with Crippen LogP contribution in [0.3, 0.4) is 0 Å². The van der Waals surface area contributed by atoms with E-state index in [0.29, 0.717) is 22.5 Å². The van der Waals surface area contributed by atoms with E-state index in [1.807, 2.05) is 50.2 Å². The zero-order valence-corrected chi connectivity index (χ0v) is 15.1. The molecule has 130 valence electrons. The van der Waals surface area contributed by atoms with Gasteiger partial charge < -0.3 is 14.1 Å². The Morgan fingerprint density at radius 3 is 2.80 bits per heavy atom.